The summed E-state index contributed by atoms with van der Waals surface area (Å²) in [5.74, 6) is -0.0118. The van der Waals surface area contributed by atoms with Gasteiger partial charge in [0.15, 0.2) is 0 Å². The molecule has 1 N–H and O–H groups in total. The maximum absolute atomic E-state index is 12.7. The second kappa shape index (κ2) is 7.67. The third kappa shape index (κ3) is 4.28. The SMILES string of the molecule is Cc1nc(-c2ccccc2)sc1C(=O)NCC(C)(C)N1CCCCC1. The molecule has 0 unspecified atom stereocenters. The molecule has 1 fully saturated rings. The van der Waals surface area contributed by atoms with Crippen LogP contribution in [0.1, 0.15) is 48.5 Å². The Bertz CT molecular complexity index is 718. The van der Waals surface area contributed by atoms with Gasteiger partial charge in [-0.25, -0.2) is 4.98 Å². The number of nitrogens with one attached hydrogen (secondary N) is 1. The van der Waals surface area contributed by atoms with Gasteiger partial charge in [-0.05, 0) is 46.7 Å². The summed E-state index contributed by atoms with van der Waals surface area (Å²) in [6, 6.07) is 10.0. The lowest BCUT2D eigenvalue weighted by atomic mass is 9.98. The van der Waals surface area contributed by atoms with E-state index in [-0.39, 0.29) is 11.4 Å². The van der Waals surface area contributed by atoms with Crippen molar-refractivity contribution in [1.82, 2.24) is 15.2 Å². The predicted octanol–water partition coefficient (Wildman–Crippen LogP) is 4.11. The second-order valence-electron chi connectivity index (χ2n) is 7.34. The van der Waals surface area contributed by atoms with Gasteiger partial charge < -0.3 is 5.32 Å². The number of hydrogen-bond acceptors (Lipinski definition) is 4. The third-order valence-corrected chi connectivity index (χ3v) is 6.12. The Hall–Kier alpha value is -1.72. The smallest absolute Gasteiger partial charge is 0.263 e. The van der Waals surface area contributed by atoms with E-state index >= 15 is 0 Å². The van der Waals surface area contributed by atoms with Crippen molar-refractivity contribution in [3.05, 3.63) is 40.9 Å². The van der Waals surface area contributed by atoms with E-state index in [2.05, 4.69) is 29.0 Å². The Morgan fingerprint density at radius 3 is 2.56 bits per heavy atom. The van der Waals surface area contributed by atoms with Gasteiger partial charge in [-0.1, -0.05) is 36.8 Å². The molecule has 2 aromatic rings. The van der Waals surface area contributed by atoms with E-state index in [1.807, 2.05) is 37.3 Å². The number of thiazole rings is 1. The van der Waals surface area contributed by atoms with E-state index in [9.17, 15) is 4.79 Å². The molecule has 1 aliphatic heterocycles. The molecule has 134 valence electrons. The lowest BCUT2D eigenvalue weighted by Crippen LogP contribution is -2.53. The van der Waals surface area contributed by atoms with Gasteiger partial charge in [0.1, 0.15) is 9.88 Å². The molecule has 0 aliphatic carbocycles. The molecule has 1 amide bonds. The van der Waals surface area contributed by atoms with Crippen LogP contribution in [0, 0.1) is 6.92 Å². The minimum atomic E-state index is -0.0169. The summed E-state index contributed by atoms with van der Waals surface area (Å²) in [6.45, 7) is 9.25. The summed E-state index contributed by atoms with van der Waals surface area (Å²) in [7, 11) is 0. The highest BCUT2D eigenvalue weighted by molar-refractivity contribution is 7.17. The lowest BCUT2D eigenvalue weighted by Gasteiger charge is -2.41. The minimum absolute atomic E-state index is 0.0118. The number of rotatable bonds is 5. The molecule has 0 spiro atoms. The van der Waals surface area contributed by atoms with Crippen molar-refractivity contribution in [2.75, 3.05) is 19.6 Å². The molecule has 1 aromatic carbocycles. The molecule has 0 atom stereocenters. The fourth-order valence-corrected chi connectivity index (χ4v) is 4.29. The second-order valence-corrected chi connectivity index (χ2v) is 8.34. The molecule has 25 heavy (non-hydrogen) atoms. The van der Waals surface area contributed by atoms with E-state index in [1.165, 1.54) is 30.6 Å². The first kappa shape index (κ1) is 18.1. The van der Waals surface area contributed by atoms with E-state index in [1.54, 1.807) is 0 Å². The Morgan fingerprint density at radius 1 is 1.20 bits per heavy atom. The molecule has 0 bridgehead atoms. The lowest BCUT2D eigenvalue weighted by molar-refractivity contribution is 0.0799. The summed E-state index contributed by atoms with van der Waals surface area (Å²) < 4.78 is 0. The van der Waals surface area contributed by atoms with Crippen LogP contribution >= 0.6 is 11.3 Å². The van der Waals surface area contributed by atoms with Crippen molar-refractivity contribution in [2.24, 2.45) is 0 Å². The molecule has 3 rings (SSSR count). The zero-order chi connectivity index (χ0) is 17.9. The molecule has 1 saturated heterocycles. The zero-order valence-electron chi connectivity index (χ0n) is 15.3. The quantitative estimate of drug-likeness (QED) is 0.876. The normalized spacial score (nSPS) is 16.0. The van der Waals surface area contributed by atoms with Crippen LogP contribution in [0.15, 0.2) is 30.3 Å². The van der Waals surface area contributed by atoms with Gasteiger partial charge in [0.2, 0.25) is 0 Å². The van der Waals surface area contributed by atoms with E-state index in [0.717, 1.165) is 29.4 Å². The van der Waals surface area contributed by atoms with Gasteiger partial charge in [0, 0.05) is 17.6 Å². The first-order valence-electron chi connectivity index (χ1n) is 9.03. The van der Waals surface area contributed by atoms with Crippen LogP contribution in [0.2, 0.25) is 0 Å². The molecular formula is C20H27N3OS. The Kier molecular flexibility index (Phi) is 5.54. The number of nitrogens with zero attached hydrogens (tertiary/aromatic N) is 2. The van der Waals surface area contributed by atoms with Gasteiger partial charge in [-0.15, -0.1) is 11.3 Å². The molecule has 5 heteroatoms. The van der Waals surface area contributed by atoms with Gasteiger partial charge in [0.05, 0.1) is 5.69 Å². The van der Waals surface area contributed by atoms with Crippen LogP contribution in [0.25, 0.3) is 10.6 Å². The fraction of sp³-hybridized carbons (Fsp3) is 0.500. The molecule has 0 radical (unpaired) electrons. The van der Waals surface area contributed by atoms with Crippen LogP contribution < -0.4 is 5.32 Å². The van der Waals surface area contributed by atoms with E-state index < -0.39 is 0 Å². The molecule has 4 nitrogen and oxygen atoms in total. The van der Waals surface area contributed by atoms with Crippen molar-refractivity contribution in [1.29, 1.82) is 0 Å². The Labute approximate surface area is 154 Å². The van der Waals surface area contributed by atoms with Crippen molar-refractivity contribution >= 4 is 17.2 Å². The highest BCUT2D eigenvalue weighted by Gasteiger charge is 2.29. The Balaban J connectivity index is 1.66. The topological polar surface area (TPSA) is 45.2 Å². The van der Waals surface area contributed by atoms with E-state index in [0.29, 0.717) is 11.4 Å². The van der Waals surface area contributed by atoms with Crippen molar-refractivity contribution in [3.63, 3.8) is 0 Å². The highest BCUT2D eigenvalue weighted by Crippen LogP contribution is 2.28. The molecule has 0 saturated carbocycles. The van der Waals surface area contributed by atoms with Crippen molar-refractivity contribution < 1.29 is 4.79 Å². The molecule has 1 aromatic heterocycles. The summed E-state index contributed by atoms with van der Waals surface area (Å²) in [6.07, 6.45) is 3.83. The van der Waals surface area contributed by atoms with Crippen LogP contribution in [0.3, 0.4) is 0 Å². The number of aryl methyl sites for hydroxylation is 1. The first-order valence-corrected chi connectivity index (χ1v) is 9.85. The fourth-order valence-electron chi connectivity index (χ4n) is 3.30. The van der Waals surface area contributed by atoms with Crippen molar-refractivity contribution in [3.8, 4) is 10.6 Å². The maximum atomic E-state index is 12.7. The number of amides is 1. The summed E-state index contributed by atoms with van der Waals surface area (Å²) in [5, 5.41) is 4.03. The Morgan fingerprint density at radius 2 is 1.88 bits per heavy atom. The average molecular weight is 358 g/mol. The monoisotopic (exact) mass is 357 g/mol. The van der Waals surface area contributed by atoms with Gasteiger partial charge in [-0.2, -0.15) is 0 Å². The number of carbonyl (C=O) groups excluding carboxylic acids is 1. The van der Waals surface area contributed by atoms with Gasteiger partial charge in [-0.3, -0.25) is 9.69 Å². The molecular weight excluding hydrogens is 330 g/mol. The number of benzene rings is 1. The number of hydrogen-bond donors (Lipinski definition) is 1. The zero-order valence-corrected chi connectivity index (χ0v) is 16.2. The molecule has 2 heterocycles. The summed E-state index contributed by atoms with van der Waals surface area (Å²) in [5.41, 5.74) is 1.84. The minimum Gasteiger partial charge on any atom is -0.349 e. The largest absolute Gasteiger partial charge is 0.349 e. The van der Waals surface area contributed by atoms with Gasteiger partial charge >= 0.3 is 0 Å². The number of carbonyl (C=O) groups is 1. The number of piperidine rings is 1. The van der Waals surface area contributed by atoms with Crippen LogP contribution in [-0.4, -0.2) is 41.0 Å². The molecule has 1 aliphatic rings. The van der Waals surface area contributed by atoms with Gasteiger partial charge in [0.25, 0.3) is 5.91 Å². The van der Waals surface area contributed by atoms with Crippen LogP contribution in [-0.2, 0) is 0 Å². The maximum Gasteiger partial charge on any atom is 0.263 e. The van der Waals surface area contributed by atoms with Crippen molar-refractivity contribution in [2.45, 2.75) is 45.6 Å². The highest BCUT2D eigenvalue weighted by atomic mass is 32.1. The number of likely N-dealkylation sites (tertiary alicyclic amines) is 1. The standard InChI is InChI=1S/C20H27N3OS/c1-15-17(25-19(22-15)16-10-6-4-7-11-16)18(24)21-14-20(2,3)23-12-8-5-9-13-23/h4,6-7,10-11H,5,8-9,12-14H2,1-3H3,(H,21,24). The summed E-state index contributed by atoms with van der Waals surface area (Å²) >= 11 is 1.47. The van der Waals surface area contributed by atoms with E-state index in [4.69, 9.17) is 0 Å². The predicted molar refractivity (Wildman–Crippen MR) is 104 cm³/mol. The third-order valence-electron chi connectivity index (χ3n) is 4.92. The van der Waals surface area contributed by atoms with Crippen LogP contribution in [0.4, 0.5) is 0 Å². The van der Waals surface area contributed by atoms with Crippen LogP contribution in [0.5, 0.6) is 0 Å². The average Bonchev–Trinajstić information content (AvgIpc) is 3.03. The summed E-state index contributed by atoms with van der Waals surface area (Å²) in [4.78, 5) is 20.5. The first-order chi connectivity index (χ1) is 12.0. The number of aromatic nitrogens is 1.